The van der Waals surface area contributed by atoms with Gasteiger partial charge >= 0.3 is 5.97 Å². The van der Waals surface area contributed by atoms with Gasteiger partial charge in [-0.25, -0.2) is 9.78 Å². The fourth-order valence-electron chi connectivity index (χ4n) is 3.39. The Labute approximate surface area is 164 Å². The van der Waals surface area contributed by atoms with E-state index in [1.165, 1.54) is 5.56 Å². The summed E-state index contributed by atoms with van der Waals surface area (Å²) in [6.45, 7) is 6.63. The molecule has 0 unspecified atom stereocenters. The zero-order valence-electron chi connectivity index (χ0n) is 16.2. The van der Waals surface area contributed by atoms with Crippen LogP contribution in [-0.4, -0.2) is 20.6 Å². The van der Waals surface area contributed by atoms with E-state index in [0.29, 0.717) is 0 Å². The zero-order valence-corrected chi connectivity index (χ0v) is 16.2. The first kappa shape index (κ1) is 18.0. The average molecular weight is 370 g/mol. The third kappa shape index (κ3) is 3.18. The lowest BCUT2D eigenvalue weighted by atomic mass is 9.86. The van der Waals surface area contributed by atoms with Crippen LogP contribution in [0.15, 0.2) is 73.1 Å². The number of carbonyl (C=O) groups is 1. The van der Waals surface area contributed by atoms with Gasteiger partial charge < -0.3 is 5.11 Å². The summed E-state index contributed by atoms with van der Waals surface area (Å²) in [5, 5.41) is 9.09. The quantitative estimate of drug-likeness (QED) is 0.504. The fourth-order valence-corrected chi connectivity index (χ4v) is 3.39. The maximum atomic E-state index is 11.1. The van der Waals surface area contributed by atoms with Crippen LogP contribution >= 0.6 is 0 Å². The second kappa shape index (κ2) is 6.64. The van der Waals surface area contributed by atoms with E-state index < -0.39 is 5.97 Å². The van der Waals surface area contributed by atoms with Gasteiger partial charge in [-0.05, 0) is 46.9 Å². The van der Waals surface area contributed by atoms with Crippen molar-refractivity contribution >= 4 is 17.0 Å². The summed E-state index contributed by atoms with van der Waals surface area (Å²) in [7, 11) is 0. The number of hydrogen-bond acceptors (Lipinski definition) is 2. The number of carboxylic acid groups (broad SMARTS) is 1. The van der Waals surface area contributed by atoms with Gasteiger partial charge in [-0.3, -0.25) is 4.57 Å². The normalized spacial score (nSPS) is 11.7. The standard InChI is InChI=1S/C24H22N2O2/c1-24(2,3)18-11-7-16(8-12-18)20-5-4-6-21-22(20)25-15-26(21)19-13-9-17(10-14-19)23(27)28/h4-15H,1-3H3,(H,27,28). The van der Waals surface area contributed by atoms with Crippen molar-refractivity contribution in [2.24, 2.45) is 0 Å². The van der Waals surface area contributed by atoms with Crippen LogP contribution in [0.5, 0.6) is 0 Å². The first-order valence-electron chi connectivity index (χ1n) is 9.25. The molecule has 0 saturated heterocycles. The average Bonchev–Trinajstić information content (AvgIpc) is 3.11. The molecule has 4 heteroatoms. The van der Waals surface area contributed by atoms with Gasteiger partial charge in [0.25, 0.3) is 0 Å². The number of benzene rings is 3. The van der Waals surface area contributed by atoms with E-state index in [4.69, 9.17) is 5.11 Å². The van der Waals surface area contributed by atoms with Crippen LogP contribution < -0.4 is 0 Å². The molecule has 0 aliphatic rings. The number of nitrogens with zero attached hydrogens (tertiary/aromatic N) is 2. The van der Waals surface area contributed by atoms with Crippen molar-refractivity contribution in [3.63, 3.8) is 0 Å². The van der Waals surface area contributed by atoms with Crippen LogP contribution in [0, 0.1) is 0 Å². The largest absolute Gasteiger partial charge is 0.478 e. The molecule has 1 aromatic heterocycles. The summed E-state index contributed by atoms with van der Waals surface area (Å²) in [5.74, 6) is -0.928. The molecule has 28 heavy (non-hydrogen) atoms. The van der Waals surface area contributed by atoms with Crippen molar-refractivity contribution < 1.29 is 9.90 Å². The van der Waals surface area contributed by atoms with E-state index >= 15 is 0 Å². The van der Waals surface area contributed by atoms with Crippen LogP contribution in [0.25, 0.3) is 27.8 Å². The van der Waals surface area contributed by atoms with Gasteiger partial charge in [0.1, 0.15) is 6.33 Å². The van der Waals surface area contributed by atoms with Crippen LogP contribution in [0.4, 0.5) is 0 Å². The number of rotatable bonds is 3. The number of carboxylic acids is 1. The summed E-state index contributed by atoms with van der Waals surface area (Å²) >= 11 is 0. The number of fused-ring (bicyclic) bond motifs is 1. The number of imidazole rings is 1. The minimum atomic E-state index is -0.928. The molecule has 0 bridgehead atoms. The predicted octanol–water partition coefficient (Wildman–Crippen LogP) is 5.69. The molecule has 4 nitrogen and oxygen atoms in total. The first-order valence-corrected chi connectivity index (χ1v) is 9.25. The monoisotopic (exact) mass is 370 g/mol. The number of hydrogen-bond donors (Lipinski definition) is 1. The lowest BCUT2D eigenvalue weighted by Gasteiger charge is -2.19. The molecule has 0 amide bonds. The molecular formula is C24H22N2O2. The lowest BCUT2D eigenvalue weighted by molar-refractivity contribution is 0.0697. The SMILES string of the molecule is CC(C)(C)c1ccc(-c2cccc3c2ncn3-c2ccc(C(=O)O)cc2)cc1. The van der Waals surface area contributed by atoms with E-state index in [2.05, 4.69) is 56.1 Å². The Morgan fingerprint density at radius 1 is 0.929 bits per heavy atom. The Kier molecular flexibility index (Phi) is 4.27. The highest BCUT2D eigenvalue weighted by atomic mass is 16.4. The van der Waals surface area contributed by atoms with E-state index in [1.807, 2.05) is 16.7 Å². The van der Waals surface area contributed by atoms with E-state index in [0.717, 1.165) is 27.8 Å². The second-order valence-corrected chi connectivity index (χ2v) is 7.97. The summed E-state index contributed by atoms with van der Waals surface area (Å²) < 4.78 is 1.98. The summed E-state index contributed by atoms with van der Waals surface area (Å²) in [6, 6.07) is 21.6. The maximum absolute atomic E-state index is 11.1. The molecule has 1 N–H and O–H groups in total. The topological polar surface area (TPSA) is 55.1 Å². The van der Waals surface area contributed by atoms with E-state index in [9.17, 15) is 4.79 Å². The van der Waals surface area contributed by atoms with E-state index in [-0.39, 0.29) is 11.0 Å². The molecule has 3 aromatic carbocycles. The smallest absolute Gasteiger partial charge is 0.335 e. The summed E-state index contributed by atoms with van der Waals surface area (Å²) in [5.41, 5.74) is 6.69. The van der Waals surface area contributed by atoms with Gasteiger partial charge in [-0.2, -0.15) is 0 Å². The van der Waals surface area contributed by atoms with Crippen LogP contribution in [0.2, 0.25) is 0 Å². The summed E-state index contributed by atoms with van der Waals surface area (Å²) in [6.07, 6.45) is 1.79. The Morgan fingerprint density at radius 2 is 1.61 bits per heavy atom. The Balaban J connectivity index is 1.77. The van der Waals surface area contributed by atoms with E-state index in [1.54, 1.807) is 30.6 Å². The molecule has 0 fully saturated rings. The van der Waals surface area contributed by atoms with Gasteiger partial charge in [-0.15, -0.1) is 0 Å². The Morgan fingerprint density at radius 3 is 2.21 bits per heavy atom. The van der Waals surface area contributed by atoms with Crippen molar-refractivity contribution in [2.75, 3.05) is 0 Å². The highest BCUT2D eigenvalue weighted by molar-refractivity contribution is 5.93. The third-order valence-corrected chi connectivity index (χ3v) is 5.03. The Bertz CT molecular complexity index is 1150. The molecular weight excluding hydrogens is 348 g/mol. The molecule has 4 rings (SSSR count). The maximum Gasteiger partial charge on any atom is 0.335 e. The third-order valence-electron chi connectivity index (χ3n) is 5.03. The number of aromatic nitrogens is 2. The Hall–Kier alpha value is -3.40. The molecule has 1 heterocycles. The zero-order chi connectivity index (χ0) is 19.9. The van der Waals surface area contributed by atoms with Crippen molar-refractivity contribution in [3.05, 3.63) is 84.2 Å². The molecule has 4 aromatic rings. The van der Waals surface area contributed by atoms with Crippen molar-refractivity contribution in [2.45, 2.75) is 26.2 Å². The van der Waals surface area contributed by atoms with Crippen molar-refractivity contribution in [1.29, 1.82) is 0 Å². The van der Waals surface area contributed by atoms with Gasteiger partial charge in [0.05, 0.1) is 16.6 Å². The molecule has 0 aliphatic heterocycles. The molecule has 0 atom stereocenters. The van der Waals surface area contributed by atoms with Crippen LogP contribution in [0.3, 0.4) is 0 Å². The number of para-hydroxylation sites is 1. The predicted molar refractivity (Wildman–Crippen MR) is 112 cm³/mol. The van der Waals surface area contributed by atoms with Crippen molar-refractivity contribution in [3.8, 4) is 16.8 Å². The van der Waals surface area contributed by atoms with Gasteiger partial charge in [0.15, 0.2) is 0 Å². The molecule has 0 saturated carbocycles. The molecule has 0 radical (unpaired) electrons. The van der Waals surface area contributed by atoms with Gasteiger partial charge in [0.2, 0.25) is 0 Å². The minimum Gasteiger partial charge on any atom is -0.478 e. The number of aromatic carboxylic acids is 1. The van der Waals surface area contributed by atoms with Crippen LogP contribution in [0.1, 0.15) is 36.7 Å². The lowest BCUT2D eigenvalue weighted by Crippen LogP contribution is -2.10. The molecule has 140 valence electrons. The second-order valence-electron chi connectivity index (χ2n) is 7.97. The molecule has 0 aliphatic carbocycles. The highest BCUT2D eigenvalue weighted by Crippen LogP contribution is 2.31. The van der Waals surface area contributed by atoms with Gasteiger partial charge in [-0.1, -0.05) is 57.2 Å². The van der Waals surface area contributed by atoms with Crippen molar-refractivity contribution in [1.82, 2.24) is 9.55 Å². The molecule has 0 spiro atoms. The highest BCUT2D eigenvalue weighted by Gasteiger charge is 2.15. The van der Waals surface area contributed by atoms with Gasteiger partial charge in [0, 0.05) is 11.3 Å². The minimum absolute atomic E-state index is 0.119. The van der Waals surface area contributed by atoms with Crippen LogP contribution in [-0.2, 0) is 5.41 Å². The summed E-state index contributed by atoms with van der Waals surface area (Å²) in [4.78, 5) is 15.7. The fraction of sp³-hybridized carbons (Fsp3) is 0.167. The first-order chi connectivity index (χ1) is 13.3.